The third-order valence-corrected chi connectivity index (χ3v) is 4.19. The van der Waals surface area contributed by atoms with E-state index in [0.29, 0.717) is 17.4 Å². The van der Waals surface area contributed by atoms with Crippen LogP contribution in [0.15, 0.2) is 48.5 Å². The Morgan fingerprint density at radius 3 is 2.40 bits per heavy atom. The van der Waals surface area contributed by atoms with Gasteiger partial charge >= 0.3 is 0 Å². The van der Waals surface area contributed by atoms with Gasteiger partial charge in [-0.1, -0.05) is 44.2 Å². The summed E-state index contributed by atoms with van der Waals surface area (Å²) in [4.78, 5) is 23.9. The van der Waals surface area contributed by atoms with Crippen LogP contribution in [0.25, 0.3) is 0 Å². The highest BCUT2D eigenvalue weighted by Gasteiger charge is 2.19. The Bertz CT molecular complexity index is 758. The third-order valence-electron chi connectivity index (χ3n) is 4.19. The second-order valence-corrected chi connectivity index (χ2v) is 6.01. The first-order chi connectivity index (χ1) is 11.9. The van der Waals surface area contributed by atoms with E-state index in [9.17, 15) is 9.59 Å². The molecule has 0 radical (unpaired) electrons. The van der Waals surface area contributed by atoms with E-state index in [2.05, 4.69) is 19.2 Å². The largest absolute Gasteiger partial charge is 0.481 e. The Hall–Kier alpha value is -2.82. The number of hydrogen-bond acceptors (Lipinski definition) is 3. The molecular formula is C20H24N2O3. The number of primary amides is 1. The number of anilines is 1. The van der Waals surface area contributed by atoms with Gasteiger partial charge in [-0.2, -0.15) is 0 Å². The van der Waals surface area contributed by atoms with Gasteiger partial charge in [-0.15, -0.1) is 0 Å². The summed E-state index contributed by atoms with van der Waals surface area (Å²) in [6.45, 7) is 5.91. The Morgan fingerprint density at radius 2 is 1.72 bits per heavy atom. The van der Waals surface area contributed by atoms with E-state index in [1.165, 1.54) is 0 Å². The van der Waals surface area contributed by atoms with Crippen molar-refractivity contribution < 1.29 is 14.3 Å². The number of nitrogens with two attached hydrogens (primary N) is 1. The summed E-state index contributed by atoms with van der Waals surface area (Å²) < 4.78 is 5.87. The second-order valence-electron chi connectivity index (χ2n) is 6.01. The van der Waals surface area contributed by atoms with Crippen molar-refractivity contribution in [3.8, 4) is 5.75 Å². The first kappa shape index (κ1) is 18.5. The van der Waals surface area contributed by atoms with Gasteiger partial charge < -0.3 is 15.8 Å². The number of carbonyl (C=O) groups excluding carboxylic acids is 2. The molecule has 25 heavy (non-hydrogen) atoms. The lowest BCUT2D eigenvalue weighted by molar-refractivity contribution is -0.122. The molecule has 2 atom stereocenters. The van der Waals surface area contributed by atoms with Crippen molar-refractivity contribution in [3.05, 3.63) is 59.7 Å². The maximum atomic E-state index is 12.5. The van der Waals surface area contributed by atoms with E-state index in [1.807, 2.05) is 24.3 Å². The predicted octanol–water partition coefficient (Wildman–Crippen LogP) is 3.71. The van der Waals surface area contributed by atoms with Crippen LogP contribution < -0.4 is 15.8 Å². The van der Waals surface area contributed by atoms with E-state index in [0.717, 1.165) is 12.0 Å². The maximum Gasteiger partial charge on any atom is 0.265 e. The van der Waals surface area contributed by atoms with Crippen LogP contribution in [0.5, 0.6) is 5.75 Å². The first-order valence-electron chi connectivity index (χ1n) is 8.39. The van der Waals surface area contributed by atoms with Gasteiger partial charge in [0.15, 0.2) is 6.10 Å². The zero-order valence-corrected chi connectivity index (χ0v) is 14.8. The minimum Gasteiger partial charge on any atom is -0.481 e. The van der Waals surface area contributed by atoms with Crippen molar-refractivity contribution in [2.45, 2.75) is 39.2 Å². The molecule has 0 aromatic heterocycles. The van der Waals surface area contributed by atoms with E-state index in [1.54, 1.807) is 31.2 Å². The fourth-order valence-electron chi connectivity index (χ4n) is 2.50. The molecule has 0 aliphatic carbocycles. The molecule has 2 aromatic carbocycles. The topological polar surface area (TPSA) is 81.4 Å². The van der Waals surface area contributed by atoms with E-state index in [4.69, 9.17) is 10.5 Å². The number of para-hydroxylation sites is 2. The van der Waals surface area contributed by atoms with Gasteiger partial charge in [0, 0.05) is 0 Å². The lowest BCUT2D eigenvalue weighted by Gasteiger charge is -2.20. The molecular weight excluding hydrogens is 316 g/mol. The smallest absolute Gasteiger partial charge is 0.265 e. The number of carbonyl (C=O) groups is 2. The lowest BCUT2D eigenvalue weighted by Crippen LogP contribution is -2.31. The van der Waals surface area contributed by atoms with Gasteiger partial charge in [-0.3, -0.25) is 9.59 Å². The number of ether oxygens (including phenoxy) is 1. The van der Waals surface area contributed by atoms with Gasteiger partial charge in [0.05, 0.1) is 11.3 Å². The molecule has 2 amide bonds. The van der Waals surface area contributed by atoms with Crippen molar-refractivity contribution in [3.63, 3.8) is 0 Å². The summed E-state index contributed by atoms with van der Waals surface area (Å²) in [5.74, 6) is 0.101. The molecule has 2 aromatic rings. The highest BCUT2D eigenvalue weighted by Crippen LogP contribution is 2.29. The lowest BCUT2D eigenvalue weighted by atomic mass is 9.98. The molecule has 2 rings (SSSR count). The van der Waals surface area contributed by atoms with Crippen LogP contribution in [0.1, 0.15) is 49.0 Å². The van der Waals surface area contributed by atoms with Crippen molar-refractivity contribution in [1.82, 2.24) is 0 Å². The van der Waals surface area contributed by atoms with Crippen molar-refractivity contribution >= 4 is 17.5 Å². The summed E-state index contributed by atoms with van der Waals surface area (Å²) in [6, 6.07) is 14.3. The minimum absolute atomic E-state index is 0.267. The second kappa shape index (κ2) is 8.33. The molecule has 0 spiro atoms. The molecule has 0 aliphatic rings. The van der Waals surface area contributed by atoms with E-state index >= 15 is 0 Å². The Balaban J connectivity index is 2.13. The number of rotatable bonds is 7. The molecule has 5 heteroatoms. The van der Waals surface area contributed by atoms with Crippen LogP contribution >= 0.6 is 0 Å². The predicted molar refractivity (Wildman–Crippen MR) is 98.8 cm³/mol. The zero-order chi connectivity index (χ0) is 18.4. The molecule has 0 heterocycles. The summed E-state index contributed by atoms with van der Waals surface area (Å²) in [7, 11) is 0. The summed E-state index contributed by atoms with van der Waals surface area (Å²) >= 11 is 0. The number of hydrogen-bond donors (Lipinski definition) is 2. The highest BCUT2D eigenvalue weighted by atomic mass is 16.5. The van der Waals surface area contributed by atoms with Crippen LogP contribution in [-0.4, -0.2) is 17.9 Å². The molecule has 3 N–H and O–H groups in total. The van der Waals surface area contributed by atoms with Crippen LogP contribution in [0.4, 0.5) is 5.69 Å². The maximum absolute atomic E-state index is 12.5. The minimum atomic E-state index is -0.717. The molecule has 132 valence electrons. The van der Waals surface area contributed by atoms with E-state index < -0.39 is 12.0 Å². The van der Waals surface area contributed by atoms with Crippen LogP contribution in [0.2, 0.25) is 0 Å². The molecule has 0 unspecified atom stereocenters. The average Bonchev–Trinajstić information content (AvgIpc) is 2.61. The average molecular weight is 340 g/mol. The highest BCUT2D eigenvalue weighted by molar-refractivity contribution is 6.03. The zero-order valence-electron chi connectivity index (χ0n) is 14.8. The summed E-state index contributed by atoms with van der Waals surface area (Å²) in [6.07, 6.45) is 0.263. The molecule has 0 fully saturated rings. The third kappa shape index (κ3) is 4.59. The Morgan fingerprint density at radius 1 is 1.08 bits per heavy atom. The SMILES string of the molecule is CC[C@H](C)c1ccccc1O[C@@H](C)C(=O)Nc1ccccc1C(N)=O. The van der Waals surface area contributed by atoms with Crippen LogP contribution in [-0.2, 0) is 4.79 Å². The molecule has 0 aliphatic heterocycles. The fourth-order valence-corrected chi connectivity index (χ4v) is 2.50. The molecule has 0 saturated carbocycles. The normalized spacial score (nSPS) is 12.9. The van der Waals surface area contributed by atoms with Gasteiger partial charge in [-0.05, 0) is 43.0 Å². The summed E-state index contributed by atoms with van der Waals surface area (Å²) in [5, 5.41) is 2.71. The summed E-state index contributed by atoms with van der Waals surface area (Å²) in [5.41, 5.74) is 7.06. The molecule has 0 saturated heterocycles. The van der Waals surface area contributed by atoms with Crippen molar-refractivity contribution in [2.24, 2.45) is 5.73 Å². The van der Waals surface area contributed by atoms with Gasteiger partial charge in [-0.25, -0.2) is 0 Å². The van der Waals surface area contributed by atoms with E-state index in [-0.39, 0.29) is 11.5 Å². The van der Waals surface area contributed by atoms with Gasteiger partial charge in [0.25, 0.3) is 11.8 Å². The van der Waals surface area contributed by atoms with Gasteiger partial charge in [0.2, 0.25) is 0 Å². The Labute approximate surface area is 148 Å². The number of nitrogens with one attached hydrogen (secondary N) is 1. The van der Waals surface area contributed by atoms with Crippen molar-refractivity contribution in [2.75, 3.05) is 5.32 Å². The molecule has 0 bridgehead atoms. The monoisotopic (exact) mass is 340 g/mol. The molecule has 5 nitrogen and oxygen atoms in total. The van der Waals surface area contributed by atoms with Crippen molar-refractivity contribution in [1.29, 1.82) is 0 Å². The number of benzene rings is 2. The first-order valence-corrected chi connectivity index (χ1v) is 8.39. The number of amides is 2. The Kier molecular flexibility index (Phi) is 6.17. The standard InChI is InChI=1S/C20H24N2O3/c1-4-13(2)15-9-6-8-12-18(15)25-14(3)20(24)22-17-11-7-5-10-16(17)19(21)23/h5-14H,4H2,1-3H3,(H2,21,23)(H,22,24)/t13-,14-/m0/s1. The van der Waals surface area contributed by atoms with Crippen LogP contribution in [0, 0.1) is 0 Å². The van der Waals surface area contributed by atoms with Gasteiger partial charge in [0.1, 0.15) is 5.75 Å². The van der Waals surface area contributed by atoms with Crippen LogP contribution in [0.3, 0.4) is 0 Å². The quantitative estimate of drug-likeness (QED) is 0.806. The fraction of sp³-hybridized carbons (Fsp3) is 0.300.